The van der Waals surface area contributed by atoms with Gasteiger partial charge >= 0.3 is 11.9 Å². The van der Waals surface area contributed by atoms with Gasteiger partial charge in [0.1, 0.15) is 11.5 Å². The van der Waals surface area contributed by atoms with Crippen molar-refractivity contribution in [2.24, 2.45) is 11.8 Å². The zero-order valence-electron chi connectivity index (χ0n) is 41.0. The number of hydrogen-bond acceptors (Lipinski definition) is 10. The molecule has 2 aliphatic rings. The molecular formula is C52H68N2O10S2. The first kappa shape index (κ1) is 51.0. The highest BCUT2D eigenvalue weighted by Crippen LogP contribution is 2.52. The van der Waals surface area contributed by atoms with E-state index in [0.29, 0.717) is 24.0 Å². The van der Waals surface area contributed by atoms with Gasteiger partial charge in [-0.05, 0) is 109 Å². The summed E-state index contributed by atoms with van der Waals surface area (Å²) < 4.78 is 88.2. The Morgan fingerprint density at radius 3 is 1.18 bits per heavy atom. The number of carbonyl (C=O) groups is 2. The molecule has 0 aromatic heterocycles. The first-order valence-electron chi connectivity index (χ1n) is 22.8. The summed E-state index contributed by atoms with van der Waals surface area (Å²) >= 11 is 0. The number of nitrogens with zero attached hydrogens (tertiary/aromatic N) is 2. The summed E-state index contributed by atoms with van der Waals surface area (Å²) in [5.74, 6) is -1.14. The second kappa shape index (κ2) is 19.3. The maximum absolute atomic E-state index is 15.0. The van der Waals surface area contributed by atoms with Crippen molar-refractivity contribution in [1.29, 1.82) is 0 Å². The number of ether oxygens (including phenoxy) is 4. The number of esters is 2. The van der Waals surface area contributed by atoms with Crippen LogP contribution in [0.4, 0.5) is 0 Å². The summed E-state index contributed by atoms with van der Waals surface area (Å²) in [5, 5.41) is 0. The van der Waals surface area contributed by atoms with Gasteiger partial charge in [-0.25, -0.2) is 16.8 Å². The van der Waals surface area contributed by atoms with Crippen molar-refractivity contribution >= 4 is 32.0 Å². The quantitative estimate of drug-likeness (QED) is 0.0937. The molecule has 6 rings (SSSR count). The molecule has 0 bridgehead atoms. The summed E-state index contributed by atoms with van der Waals surface area (Å²) in [6.45, 7) is 26.6. The molecule has 0 N–H and O–H groups in total. The maximum Gasteiger partial charge on any atom is 0.308 e. The van der Waals surface area contributed by atoms with E-state index in [4.69, 9.17) is 18.9 Å². The Morgan fingerprint density at radius 1 is 0.591 bits per heavy atom. The van der Waals surface area contributed by atoms with Gasteiger partial charge in [-0.15, -0.1) is 0 Å². The third kappa shape index (κ3) is 10.8. The highest BCUT2D eigenvalue weighted by molar-refractivity contribution is 7.89. The van der Waals surface area contributed by atoms with Gasteiger partial charge < -0.3 is 18.9 Å². The van der Waals surface area contributed by atoms with Gasteiger partial charge in [-0.3, -0.25) is 9.59 Å². The first-order chi connectivity index (χ1) is 30.6. The van der Waals surface area contributed by atoms with Gasteiger partial charge in [0.05, 0.1) is 35.1 Å². The van der Waals surface area contributed by atoms with Crippen LogP contribution in [0.1, 0.15) is 142 Å². The third-order valence-corrected chi connectivity index (χ3v) is 15.9. The monoisotopic (exact) mass is 944 g/mol. The van der Waals surface area contributed by atoms with Gasteiger partial charge in [0.25, 0.3) is 0 Å². The van der Waals surface area contributed by atoms with Gasteiger partial charge in [-0.2, -0.15) is 8.61 Å². The highest BCUT2D eigenvalue weighted by atomic mass is 32.2. The summed E-state index contributed by atoms with van der Waals surface area (Å²) in [6.07, 6.45) is -1.51. The van der Waals surface area contributed by atoms with E-state index in [1.165, 1.54) is 22.5 Å². The number of rotatable bonds is 13. The predicted octanol–water partition coefficient (Wildman–Crippen LogP) is 10.7. The zero-order valence-corrected chi connectivity index (χ0v) is 42.6. The van der Waals surface area contributed by atoms with E-state index in [0.717, 1.165) is 22.3 Å². The Kier molecular flexibility index (Phi) is 14.9. The van der Waals surface area contributed by atoms with Crippen LogP contribution >= 0.6 is 0 Å². The highest BCUT2D eigenvalue weighted by Gasteiger charge is 2.48. The summed E-state index contributed by atoms with van der Waals surface area (Å²) in [4.78, 5) is 27.0. The molecule has 0 spiro atoms. The molecule has 2 heterocycles. The van der Waals surface area contributed by atoms with Crippen LogP contribution in [0.15, 0.2) is 82.6 Å². The molecule has 4 atom stereocenters. The molecule has 2 aliphatic heterocycles. The molecule has 0 radical (unpaired) electrons. The number of hydrogen-bond donors (Lipinski definition) is 0. The number of sulfonamides is 2. The number of aryl methyl sites for hydroxylation is 2. The van der Waals surface area contributed by atoms with E-state index < -0.39 is 67.4 Å². The fraction of sp³-hybridized carbons (Fsp3) is 0.500. The van der Waals surface area contributed by atoms with E-state index in [1.54, 1.807) is 48.5 Å². The number of carbonyl (C=O) groups excluding carboxylic acids is 2. The van der Waals surface area contributed by atoms with Crippen molar-refractivity contribution in [3.63, 3.8) is 0 Å². The Hall–Kier alpha value is -4.44. The summed E-state index contributed by atoms with van der Waals surface area (Å²) in [6, 6.07) is 19.6. The molecule has 66 heavy (non-hydrogen) atoms. The van der Waals surface area contributed by atoms with Gasteiger partial charge in [0.15, 0.2) is 12.5 Å². The molecule has 0 aliphatic carbocycles. The molecule has 4 aromatic rings. The second-order valence-electron chi connectivity index (χ2n) is 20.8. The largest absolute Gasteiger partial charge is 0.426 e. The normalized spacial score (nSPS) is 20.1. The van der Waals surface area contributed by atoms with Gasteiger partial charge in [0, 0.05) is 36.1 Å². The lowest BCUT2D eigenvalue weighted by Crippen LogP contribution is -2.39. The average molecular weight is 945 g/mol. The lowest BCUT2D eigenvalue weighted by atomic mass is 9.80. The molecule has 0 unspecified atom stereocenters. The Morgan fingerprint density at radius 2 is 0.909 bits per heavy atom. The molecule has 0 amide bonds. The van der Waals surface area contributed by atoms with Crippen LogP contribution in [-0.2, 0) is 49.9 Å². The molecule has 12 nitrogen and oxygen atoms in total. The SMILES string of the molecule is CC(=O)Oc1c(-c2cc(C(C)(C)C)cc([C@@H]3OC[C@H](CC(C)C)N3S(=O)(=O)c3ccc(C)cc3)c2OC(C)=O)cc(C(C)(C)C)cc1[C@@H]1OC[C@H](CC(C)C)N1S(=O)(=O)c1ccc(C)cc1. The van der Waals surface area contributed by atoms with Crippen molar-refractivity contribution in [3.05, 3.63) is 106 Å². The van der Waals surface area contributed by atoms with Gasteiger partial charge in [0.2, 0.25) is 20.0 Å². The molecule has 2 saturated heterocycles. The van der Waals surface area contributed by atoms with Crippen LogP contribution in [0, 0.1) is 25.7 Å². The van der Waals surface area contributed by atoms with Crippen LogP contribution in [0.25, 0.3) is 11.1 Å². The van der Waals surface area contributed by atoms with Crippen LogP contribution in [-0.4, -0.2) is 62.7 Å². The van der Waals surface area contributed by atoms with E-state index in [2.05, 4.69) is 0 Å². The molecular weight excluding hydrogens is 877 g/mol. The molecule has 358 valence electrons. The smallest absolute Gasteiger partial charge is 0.308 e. The maximum atomic E-state index is 15.0. The fourth-order valence-electron chi connectivity index (χ4n) is 8.73. The fourth-order valence-corrected chi connectivity index (χ4v) is 12.1. The average Bonchev–Trinajstić information content (AvgIpc) is 3.81. The van der Waals surface area contributed by atoms with Gasteiger partial charge in [-0.1, -0.05) is 105 Å². The molecule has 4 aromatic carbocycles. The van der Waals surface area contributed by atoms with Crippen LogP contribution in [0.3, 0.4) is 0 Å². The first-order valence-corrected chi connectivity index (χ1v) is 25.7. The minimum atomic E-state index is -4.23. The van der Waals surface area contributed by atoms with E-state index >= 15 is 0 Å². The lowest BCUT2D eigenvalue weighted by molar-refractivity contribution is -0.133. The summed E-state index contributed by atoms with van der Waals surface area (Å²) in [7, 11) is -8.45. The number of benzene rings is 4. The van der Waals surface area contributed by atoms with Crippen molar-refractivity contribution in [2.45, 2.75) is 155 Å². The Bertz CT molecular complexity index is 2480. The topological polar surface area (TPSA) is 146 Å². The lowest BCUT2D eigenvalue weighted by Gasteiger charge is -2.33. The predicted molar refractivity (Wildman–Crippen MR) is 256 cm³/mol. The minimum absolute atomic E-state index is 0.00868. The van der Waals surface area contributed by atoms with E-state index in [1.807, 2.05) is 107 Å². The Labute approximate surface area is 393 Å². The minimum Gasteiger partial charge on any atom is -0.426 e. The summed E-state index contributed by atoms with van der Waals surface area (Å²) in [5.41, 5.74) is 3.31. The molecule has 2 fully saturated rings. The van der Waals surface area contributed by atoms with Crippen molar-refractivity contribution in [3.8, 4) is 22.6 Å². The second-order valence-corrected chi connectivity index (χ2v) is 24.5. The zero-order chi connectivity index (χ0) is 48.8. The van der Waals surface area contributed by atoms with Crippen LogP contribution in [0.5, 0.6) is 11.5 Å². The third-order valence-electron chi connectivity index (χ3n) is 12.0. The van der Waals surface area contributed by atoms with E-state index in [9.17, 15) is 26.4 Å². The molecule has 14 heteroatoms. The molecule has 0 saturated carbocycles. The van der Waals surface area contributed by atoms with Crippen molar-refractivity contribution < 1.29 is 45.4 Å². The van der Waals surface area contributed by atoms with Crippen molar-refractivity contribution in [2.75, 3.05) is 13.2 Å². The van der Waals surface area contributed by atoms with Crippen LogP contribution < -0.4 is 9.47 Å². The Balaban J connectivity index is 1.72. The van der Waals surface area contributed by atoms with Crippen LogP contribution in [0.2, 0.25) is 0 Å². The standard InChI is InChI=1S/C52H68N2O10S2/c1-31(2)23-39-29-61-49(53(39)65(57,58)41-19-15-33(5)16-20-41)45-27-37(51(9,10)11)25-43(47(45)63-35(7)55)44-26-38(52(12,13)14)28-46(48(44)64-36(8)56)50-54(40(30-62-50)24-32(3)4)66(59,60)42-21-17-34(6)18-22-42/h15-22,25-28,31-32,39-40,49-50H,23-24,29-30H2,1-14H3/t39-,40-,49-,50-/m0/s1. The van der Waals surface area contributed by atoms with E-state index in [-0.39, 0.29) is 57.5 Å². The van der Waals surface area contributed by atoms with Crippen molar-refractivity contribution in [1.82, 2.24) is 8.61 Å².